The first-order chi connectivity index (χ1) is 7.79. The number of amides is 1. The Labute approximate surface area is 96.4 Å². The Morgan fingerprint density at radius 3 is 2.18 bits per heavy atom. The van der Waals surface area contributed by atoms with Crippen LogP contribution in [0.2, 0.25) is 0 Å². The Morgan fingerprint density at radius 2 is 1.76 bits per heavy atom. The highest BCUT2D eigenvalue weighted by molar-refractivity contribution is 5.82. The fourth-order valence-corrected chi connectivity index (χ4v) is 2.06. The topological polar surface area (TPSA) is 57.6 Å². The van der Waals surface area contributed by atoms with Gasteiger partial charge in [0, 0.05) is 6.04 Å². The van der Waals surface area contributed by atoms with Crippen LogP contribution in [0.15, 0.2) is 0 Å². The van der Waals surface area contributed by atoms with Gasteiger partial charge in [0.15, 0.2) is 0 Å². The number of alkyl halides is 3. The zero-order chi connectivity index (χ0) is 13.1. The molecule has 0 spiro atoms. The number of nitrogens with zero attached hydrogens (tertiary/aromatic N) is 1. The summed E-state index contributed by atoms with van der Waals surface area (Å²) in [6.07, 6.45) is -3.38. The van der Waals surface area contributed by atoms with Crippen molar-refractivity contribution in [1.82, 2.24) is 4.90 Å². The molecular weight excluding hydrogens is 239 g/mol. The second kappa shape index (κ2) is 5.37. The lowest BCUT2D eigenvalue weighted by Gasteiger charge is -2.27. The van der Waals surface area contributed by atoms with Gasteiger partial charge in [-0.3, -0.25) is 9.59 Å². The fraction of sp³-hybridized carbons (Fsp3) is 0.800. The van der Waals surface area contributed by atoms with Gasteiger partial charge in [-0.05, 0) is 12.8 Å². The highest BCUT2D eigenvalue weighted by atomic mass is 19.4. The van der Waals surface area contributed by atoms with Gasteiger partial charge in [-0.25, -0.2) is 0 Å². The number of hydrogen-bond acceptors (Lipinski definition) is 2. The van der Waals surface area contributed by atoms with Gasteiger partial charge in [-0.2, -0.15) is 13.2 Å². The van der Waals surface area contributed by atoms with E-state index in [-0.39, 0.29) is 6.04 Å². The number of hydrogen-bond donors (Lipinski definition) is 1. The van der Waals surface area contributed by atoms with Crippen molar-refractivity contribution in [2.24, 2.45) is 0 Å². The maximum absolute atomic E-state index is 12.1. The van der Waals surface area contributed by atoms with Crippen LogP contribution < -0.4 is 0 Å². The second-order valence-electron chi connectivity index (χ2n) is 4.15. The highest BCUT2D eigenvalue weighted by Gasteiger charge is 2.36. The van der Waals surface area contributed by atoms with Gasteiger partial charge in [0.2, 0.25) is 5.91 Å². The molecule has 0 bridgehead atoms. The minimum absolute atomic E-state index is 0.360. The van der Waals surface area contributed by atoms with Gasteiger partial charge >= 0.3 is 12.1 Å². The summed E-state index contributed by atoms with van der Waals surface area (Å²) in [5.74, 6) is -2.43. The van der Waals surface area contributed by atoms with Crippen LogP contribution in [0.5, 0.6) is 0 Å². The van der Waals surface area contributed by atoms with Crippen LogP contribution in [-0.4, -0.2) is 40.6 Å². The molecule has 0 aromatic heterocycles. The standard InChI is InChI=1S/C10H14F3NO3/c11-10(12,13)5-8(15)14(6-9(16)17)7-3-1-2-4-7/h7H,1-6H2,(H,16,17). The van der Waals surface area contributed by atoms with E-state index in [0.29, 0.717) is 12.8 Å². The highest BCUT2D eigenvalue weighted by Crippen LogP contribution is 2.27. The van der Waals surface area contributed by atoms with Crippen molar-refractivity contribution >= 4 is 11.9 Å². The monoisotopic (exact) mass is 253 g/mol. The average Bonchev–Trinajstić information content (AvgIpc) is 2.63. The molecule has 98 valence electrons. The van der Waals surface area contributed by atoms with E-state index in [0.717, 1.165) is 17.7 Å². The molecule has 4 nitrogen and oxygen atoms in total. The first-order valence-corrected chi connectivity index (χ1v) is 5.37. The van der Waals surface area contributed by atoms with Gasteiger partial charge in [0.1, 0.15) is 13.0 Å². The van der Waals surface area contributed by atoms with E-state index in [2.05, 4.69) is 0 Å². The van der Waals surface area contributed by atoms with E-state index >= 15 is 0 Å². The van der Waals surface area contributed by atoms with E-state index in [4.69, 9.17) is 5.11 Å². The van der Waals surface area contributed by atoms with Crippen LogP contribution in [0, 0.1) is 0 Å². The molecule has 0 aliphatic heterocycles. The molecule has 0 aromatic carbocycles. The number of carbonyl (C=O) groups excluding carboxylic acids is 1. The fourth-order valence-electron chi connectivity index (χ4n) is 2.06. The molecule has 1 N–H and O–H groups in total. The molecule has 1 saturated carbocycles. The minimum atomic E-state index is -4.59. The summed E-state index contributed by atoms with van der Waals surface area (Å²) < 4.78 is 36.3. The lowest BCUT2D eigenvalue weighted by atomic mass is 10.2. The van der Waals surface area contributed by atoms with Crippen LogP contribution in [0.1, 0.15) is 32.1 Å². The Hall–Kier alpha value is -1.27. The number of carboxylic acids is 1. The summed E-state index contributed by atoms with van der Waals surface area (Å²) in [5, 5.41) is 8.62. The summed E-state index contributed by atoms with van der Waals surface area (Å²) in [5.41, 5.74) is 0. The van der Waals surface area contributed by atoms with E-state index in [1.54, 1.807) is 0 Å². The van der Waals surface area contributed by atoms with Crippen LogP contribution in [-0.2, 0) is 9.59 Å². The van der Waals surface area contributed by atoms with Crippen LogP contribution in [0.3, 0.4) is 0 Å². The van der Waals surface area contributed by atoms with Crippen molar-refractivity contribution < 1.29 is 27.9 Å². The van der Waals surface area contributed by atoms with Crippen molar-refractivity contribution in [2.45, 2.75) is 44.3 Å². The Kier molecular flexibility index (Phi) is 4.36. The number of aliphatic carboxylic acids is 1. The van der Waals surface area contributed by atoms with Crippen LogP contribution in [0.25, 0.3) is 0 Å². The summed E-state index contributed by atoms with van der Waals surface area (Å²) in [6, 6.07) is -0.360. The number of carbonyl (C=O) groups is 2. The molecule has 0 unspecified atom stereocenters. The average molecular weight is 253 g/mol. The first-order valence-electron chi connectivity index (χ1n) is 5.37. The third-order valence-electron chi connectivity index (χ3n) is 2.74. The normalized spacial score (nSPS) is 17.1. The smallest absolute Gasteiger partial charge is 0.397 e. The van der Waals surface area contributed by atoms with E-state index in [9.17, 15) is 22.8 Å². The maximum atomic E-state index is 12.1. The predicted octanol–water partition coefficient (Wildman–Crippen LogP) is 1.79. The van der Waals surface area contributed by atoms with Gasteiger partial charge in [0.05, 0.1) is 0 Å². The molecule has 0 saturated heterocycles. The van der Waals surface area contributed by atoms with Gasteiger partial charge in [0.25, 0.3) is 0 Å². The number of rotatable bonds is 4. The zero-order valence-electron chi connectivity index (χ0n) is 9.16. The van der Waals surface area contributed by atoms with Gasteiger partial charge < -0.3 is 10.0 Å². The van der Waals surface area contributed by atoms with Crippen molar-refractivity contribution in [3.8, 4) is 0 Å². The first kappa shape index (κ1) is 13.8. The molecule has 0 heterocycles. The van der Waals surface area contributed by atoms with Crippen molar-refractivity contribution in [3.63, 3.8) is 0 Å². The SMILES string of the molecule is O=C(O)CN(C(=O)CC(F)(F)F)C1CCCC1. The quantitative estimate of drug-likeness (QED) is 0.831. The van der Waals surface area contributed by atoms with Gasteiger partial charge in [-0.15, -0.1) is 0 Å². The lowest BCUT2D eigenvalue weighted by molar-refractivity contribution is -0.166. The molecule has 0 atom stereocenters. The Morgan fingerprint density at radius 1 is 1.24 bits per heavy atom. The van der Waals surface area contributed by atoms with Crippen molar-refractivity contribution in [3.05, 3.63) is 0 Å². The minimum Gasteiger partial charge on any atom is -0.480 e. The molecule has 1 aliphatic rings. The molecule has 0 radical (unpaired) electrons. The number of halogens is 3. The second-order valence-corrected chi connectivity index (χ2v) is 4.15. The molecule has 1 amide bonds. The zero-order valence-corrected chi connectivity index (χ0v) is 9.16. The molecule has 17 heavy (non-hydrogen) atoms. The predicted molar refractivity (Wildman–Crippen MR) is 52.3 cm³/mol. The molecule has 7 heteroatoms. The van der Waals surface area contributed by atoms with Crippen molar-refractivity contribution in [1.29, 1.82) is 0 Å². The van der Waals surface area contributed by atoms with Gasteiger partial charge in [-0.1, -0.05) is 12.8 Å². The molecular formula is C10H14F3NO3. The van der Waals surface area contributed by atoms with Crippen LogP contribution >= 0.6 is 0 Å². The summed E-state index contributed by atoms with van der Waals surface area (Å²) in [6.45, 7) is -0.653. The Balaban J connectivity index is 2.67. The molecule has 1 rings (SSSR count). The summed E-state index contributed by atoms with van der Waals surface area (Å²) in [4.78, 5) is 22.8. The third-order valence-corrected chi connectivity index (χ3v) is 2.74. The summed E-state index contributed by atoms with van der Waals surface area (Å²) >= 11 is 0. The number of carboxylic acid groups (broad SMARTS) is 1. The molecule has 0 aromatic rings. The largest absolute Gasteiger partial charge is 0.480 e. The van der Waals surface area contributed by atoms with E-state index < -0.39 is 31.0 Å². The lowest BCUT2D eigenvalue weighted by Crippen LogP contribution is -2.43. The third kappa shape index (κ3) is 4.62. The summed E-state index contributed by atoms with van der Waals surface area (Å²) in [7, 11) is 0. The van der Waals surface area contributed by atoms with E-state index in [1.807, 2.05) is 0 Å². The van der Waals surface area contributed by atoms with Crippen LogP contribution in [0.4, 0.5) is 13.2 Å². The molecule has 1 fully saturated rings. The maximum Gasteiger partial charge on any atom is 0.397 e. The molecule has 1 aliphatic carbocycles. The Bertz CT molecular complexity index is 298. The van der Waals surface area contributed by atoms with Crippen molar-refractivity contribution in [2.75, 3.05) is 6.54 Å². The van der Waals surface area contributed by atoms with E-state index in [1.165, 1.54) is 0 Å².